The molecule has 0 bridgehead atoms. The van der Waals surface area contributed by atoms with Crippen LogP contribution in [0.5, 0.6) is 0 Å². The molecule has 0 fully saturated rings. The van der Waals surface area contributed by atoms with Crippen molar-refractivity contribution in [3.63, 3.8) is 0 Å². The number of anilines is 1. The lowest BCUT2D eigenvalue weighted by molar-refractivity contribution is 0.0697. The van der Waals surface area contributed by atoms with E-state index in [0.717, 1.165) is 5.69 Å². The summed E-state index contributed by atoms with van der Waals surface area (Å²) in [6, 6.07) is 6.59. The van der Waals surface area contributed by atoms with Crippen molar-refractivity contribution < 1.29 is 14.3 Å². The quantitative estimate of drug-likeness (QED) is 0.820. The minimum atomic E-state index is -0.941. The number of carboxylic acid groups (broad SMARTS) is 1. The molecule has 0 aliphatic carbocycles. The Hall–Kier alpha value is -2.30. The van der Waals surface area contributed by atoms with Crippen molar-refractivity contribution in [2.75, 3.05) is 5.32 Å². The van der Waals surface area contributed by atoms with E-state index in [1.807, 2.05) is 0 Å². The van der Waals surface area contributed by atoms with E-state index in [9.17, 15) is 4.79 Å². The van der Waals surface area contributed by atoms with Crippen molar-refractivity contribution >= 4 is 11.7 Å². The summed E-state index contributed by atoms with van der Waals surface area (Å²) in [4.78, 5) is 14.5. The fourth-order valence-electron chi connectivity index (χ4n) is 1.28. The van der Waals surface area contributed by atoms with Crippen LogP contribution in [0.25, 0.3) is 0 Å². The van der Waals surface area contributed by atoms with Gasteiger partial charge in [0.05, 0.1) is 18.3 Å². The van der Waals surface area contributed by atoms with Crippen LogP contribution in [0.4, 0.5) is 5.69 Å². The van der Waals surface area contributed by atoms with E-state index >= 15 is 0 Å². The van der Waals surface area contributed by atoms with Crippen molar-refractivity contribution in [2.24, 2.45) is 0 Å². The normalized spacial score (nSPS) is 10.0. The average molecular weight is 218 g/mol. The van der Waals surface area contributed by atoms with Gasteiger partial charge < -0.3 is 14.8 Å². The predicted molar refractivity (Wildman–Crippen MR) is 57.2 cm³/mol. The molecule has 2 rings (SSSR count). The van der Waals surface area contributed by atoms with Crippen molar-refractivity contribution in [3.05, 3.63) is 48.2 Å². The van der Waals surface area contributed by atoms with E-state index in [2.05, 4.69) is 10.3 Å². The van der Waals surface area contributed by atoms with Gasteiger partial charge >= 0.3 is 5.97 Å². The number of carbonyl (C=O) groups is 1. The molecule has 2 aromatic rings. The molecule has 0 saturated carbocycles. The minimum absolute atomic E-state index is 0.252. The third-order valence-electron chi connectivity index (χ3n) is 2.06. The van der Waals surface area contributed by atoms with Gasteiger partial charge in [0.15, 0.2) is 6.39 Å². The second kappa shape index (κ2) is 4.48. The van der Waals surface area contributed by atoms with Crippen LogP contribution >= 0.6 is 0 Å². The maximum Gasteiger partial charge on any atom is 0.335 e. The van der Waals surface area contributed by atoms with Crippen LogP contribution in [0.2, 0.25) is 0 Å². The van der Waals surface area contributed by atoms with Crippen molar-refractivity contribution in [1.29, 1.82) is 0 Å². The maximum absolute atomic E-state index is 10.7. The van der Waals surface area contributed by atoms with Gasteiger partial charge in [-0.3, -0.25) is 0 Å². The molecule has 0 radical (unpaired) electrons. The lowest BCUT2D eigenvalue weighted by Crippen LogP contribution is -2.01. The molecule has 5 nitrogen and oxygen atoms in total. The molecule has 1 heterocycles. The molecular weight excluding hydrogens is 208 g/mol. The van der Waals surface area contributed by atoms with Crippen LogP contribution in [-0.4, -0.2) is 16.1 Å². The first-order valence-corrected chi connectivity index (χ1v) is 4.70. The summed E-state index contributed by atoms with van der Waals surface area (Å²) in [7, 11) is 0. The monoisotopic (exact) mass is 218 g/mol. The third kappa shape index (κ3) is 2.38. The first-order valence-electron chi connectivity index (χ1n) is 4.70. The molecule has 0 saturated heterocycles. The van der Waals surface area contributed by atoms with Gasteiger partial charge in [-0.2, -0.15) is 0 Å². The maximum atomic E-state index is 10.7. The molecule has 5 heteroatoms. The first-order chi connectivity index (χ1) is 7.75. The fraction of sp³-hybridized carbons (Fsp3) is 0.0909. The topological polar surface area (TPSA) is 75.4 Å². The highest BCUT2D eigenvalue weighted by atomic mass is 16.4. The number of carboxylic acids is 1. The molecule has 16 heavy (non-hydrogen) atoms. The highest BCUT2D eigenvalue weighted by Gasteiger charge is 2.03. The Morgan fingerprint density at radius 1 is 1.50 bits per heavy atom. The van der Waals surface area contributed by atoms with Gasteiger partial charge in [0, 0.05) is 5.69 Å². The van der Waals surface area contributed by atoms with E-state index in [1.54, 1.807) is 30.5 Å². The Morgan fingerprint density at radius 3 is 3.06 bits per heavy atom. The van der Waals surface area contributed by atoms with Gasteiger partial charge in [-0.25, -0.2) is 9.78 Å². The Balaban J connectivity index is 2.04. The van der Waals surface area contributed by atoms with E-state index < -0.39 is 5.97 Å². The predicted octanol–water partition coefficient (Wildman–Crippen LogP) is 1.98. The molecule has 1 aromatic carbocycles. The van der Waals surface area contributed by atoms with Gasteiger partial charge in [0.1, 0.15) is 5.76 Å². The Labute approximate surface area is 91.7 Å². The molecule has 2 N–H and O–H groups in total. The molecule has 0 aliphatic rings. The molecular formula is C11H10N2O3. The lowest BCUT2D eigenvalue weighted by atomic mass is 10.2. The zero-order valence-electron chi connectivity index (χ0n) is 8.38. The second-order valence-corrected chi connectivity index (χ2v) is 3.21. The molecule has 0 aliphatic heterocycles. The van der Waals surface area contributed by atoms with Gasteiger partial charge in [-0.15, -0.1) is 0 Å². The molecule has 1 aromatic heterocycles. The van der Waals surface area contributed by atoms with Crippen LogP contribution in [0.1, 0.15) is 16.1 Å². The Bertz CT molecular complexity index is 480. The van der Waals surface area contributed by atoms with Crippen molar-refractivity contribution in [1.82, 2.24) is 4.98 Å². The highest BCUT2D eigenvalue weighted by molar-refractivity contribution is 5.88. The lowest BCUT2D eigenvalue weighted by Gasteiger charge is -2.04. The summed E-state index contributed by atoms with van der Waals surface area (Å²) in [6.45, 7) is 0.475. The Kier molecular flexibility index (Phi) is 2.86. The number of hydrogen-bond acceptors (Lipinski definition) is 4. The number of benzene rings is 1. The van der Waals surface area contributed by atoms with Gasteiger partial charge in [0.2, 0.25) is 0 Å². The van der Waals surface area contributed by atoms with Crippen molar-refractivity contribution in [2.45, 2.75) is 6.54 Å². The van der Waals surface area contributed by atoms with E-state index in [1.165, 1.54) is 6.39 Å². The minimum Gasteiger partial charge on any atom is -0.478 e. The molecule has 0 unspecified atom stereocenters. The van der Waals surface area contributed by atoms with Crippen LogP contribution in [-0.2, 0) is 6.54 Å². The van der Waals surface area contributed by atoms with Gasteiger partial charge in [0.25, 0.3) is 0 Å². The smallest absolute Gasteiger partial charge is 0.335 e. The number of nitrogens with one attached hydrogen (secondary N) is 1. The largest absolute Gasteiger partial charge is 0.478 e. The third-order valence-corrected chi connectivity index (χ3v) is 2.06. The van der Waals surface area contributed by atoms with Crippen LogP contribution in [0.3, 0.4) is 0 Å². The molecule has 0 atom stereocenters. The summed E-state index contributed by atoms with van der Waals surface area (Å²) < 4.78 is 5.04. The number of hydrogen-bond donors (Lipinski definition) is 2. The number of nitrogens with zero attached hydrogens (tertiary/aromatic N) is 1. The van der Waals surface area contributed by atoms with E-state index in [0.29, 0.717) is 12.3 Å². The van der Waals surface area contributed by atoms with E-state index in [-0.39, 0.29) is 5.56 Å². The van der Waals surface area contributed by atoms with Crippen LogP contribution in [0, 0.1) is 0 Å². The number of aromatic carboxylic acids is 1. The summed E-state index contributed by atoms with van der Waals surface area (Å²) in [5.41, 5.74) is 0.985. The zero-order chi connectivity index (χ0) is 11.4. The first kappa shape index (κ1) is 10.2. The summed E-state index contributed by atoms with van der Waals surface area (Å²) in [5.74, 6) is -0.246. The second-order valence-electron chi connectivity index (χ2n) is 3.21. The SMILES string of the molecule is O=C(O)c1cccc(NCc2cnco2)c1. The summed E-state index contributed by atoms with van der Waals surface area (Å²) in [6.07, 6.45) is 2.96. The van der Waals surface area contributed by atoms with Gasteiger partial charge in [-0.05, 0) is 18.2 Å². The summed E-state index contributed by atoms with van der Waals surface area (Å²) in [5, 5.41) is 11.9. The molecule has 0 amide bonds. The van der Waals surface area contributed by atoms with Crippen molar-refractivity contribution in [3.8, 4) is 0 Å². The van der Waals surface area contributed by atoms with Crippen LogP contribution < -0.4 is 5.32 Å². The van der Waals surface area contributed by atoms with Crippen LogP contribution in [0.15, 0.2) is 41.3 Å². The molecule has 82 valence electrons. The molecule has 0 spiro atoms. The fourth-order valence-corrected chi connectivity index (χ4v) is 1.28. The highest BCUT2D eigenvalue weighted by Crippen LogP contribution is 2.12. The Morgan fingerprint density at radius 2 is 2.38 bits per heavy atom. The zero-order valence-corrected chi connectivity index (χ0v) is 8.38. The summed E-state index contributed by atoms with van der Waals surface area (Å²) >= 11 is 0. The van der Waals surface area contributed by atoms with Gasteiger partial charge in [-0.1, -0.05) is 6.07 Å². The number of rotatable bonds is 4. The standard InChI is InChI=1S/C11H10N2O3/c14-11(15)8-2-1-3-9(4-8)13-6-10-5-12-7-16-10/h1-5,7,13H,6H2,(H,14,15). The average Bonchev–Trinajstić information content (AvgIpc) is 2.79. The van der Waals surface area contributed by atoms with E-state index in [4.69, 9.17) is 9.52 Å². The number of aromatic nitrogens is 1. The number of oxazole rings is 1.